The maximum atomic E-state index is 11.7. The minimum absolute atomic E-state index is 0.175. The van der Waals surface area contributed by atoms with Crippen molar-refractivity contribution in [3.63, 3.8) is 0 Å². The highest BCUT2D eigenvalue weighted by atomic mass is 16.6. The second-order valence-electron chi connectivity index (χ2n) is 5.89. The smallest absolute Gasteiger partial charge is 0.407 e. The highest BCUT2D eigenvalue weighted by Crippen LogP contribution is 2.17. The zero-order valence-corrected chi connectivity index (χ0v) is 14.0. The first-order valence-electron chi connectivity index (χ1n) is 8.52. The van der Waals surface area contributed by atoms with Gasteiger partial charge in [0, 0.05) is 0 Å². The van der Waals surface area contributed by atoms with Crippen molar-refractivity contribution < 1.29 is 19.1 Å². The van der Waals surface area contributed by atoms with E-state index in [1.165, 1.54) is 24.8 Å². The number of allylic oxidation sites excluding steroid dienone is 1. The van der Waals surface area contributed by atoms with E-state index in [2.05, 4.69) is 11.4 Å². The van der Waals surface area contributed by atoms with Crippen LogP contribution in [-0.2, 0) is 20.9 Å². The Morgan fingerprint density at radius 1 is 0.958 bits per heavy atom. The Labute approximate surface area is 143 Å². The predicted octanol–water partition coefficient (Wildman–Crippen LogP) is 3.74. The fourth-order valence-electron chi connectivity index (χ4n) is 2.53. The summed E-state index contributed by atoms with van der Waals surface area (Å²) in [5, 5.41) is 2.41. The molecule has 1 aliphatic rings. The topological polar surface area (TPSA) is 64.6 Å². The van der Waals surface area contributed by atoms with Crippen LogP contribution in [0.4, 0.5) is 4.79 Å². The number of ether oxygens (including phenoxy) is 2. The number of nitrogens with one attached hydrogen (secondary N) is 1. The molecule has 0 aromatic heterocycles. The van der Waals surface area contributed by atoms with Gasteiger partial charge in [-0.1, -0.05) is 49.2 Å². The number of carbonyl (C=O) groups excluding carboxylic acids is 2. The summed E-state index contributed by atoms with van der Waals surface area (Å²) >= 11 is 0. The Balaban J connectivity index is 1.60. The molecular weight excluding hydrogens is 306 g/mol. The highest BCUT2D eigenvalue weighted by Gasteiger charge is 2.09. The fourth-order valence-corrected chi connectivity index (χ4v) is 2.53. The summed E-state index contributed by atoms with van der Waals surface area (Å²) in [6.07, 6.45) is 8.45. The van der Waals surface area contributed by atoms with E-state index in [4.69, 9.17) is 9.47 Å². The van der Waals surface area contributed by atoms with Crippen LogP contribution in [0.25, 0.3) is 0 Å². The number of carbonyl (C=O) groups is 2. The number of amides is 1. The van der Waals surface area contributed by atoms with Gasteiger partial charge in [-0.15, -0.1) is 0 Å². The third-order valence-electron chi connectivity index (χ3n) is 3.89. The van der Waals surface area contributed by atoms with Gasteiger partial charge in [0.15, 0.2) is 0 Å². The number of alkyl carbamates (subject to hydrolysis) is 1. The molecule has 0 aliphatic heterocycles. The minimum Gasteiger partial charge on any atom is -0.460 e. The van der Waals surface area contributed by atoms with E-state index < -0.39 is 12.1 Å². The Morgan fingerprint density at radius 3 is 2.58 bits per heavy atom. The second kappa shape index (κ2) is 10.5. The molecule has 0 fully saturated rings. The summed E-state index contributed by atoms with van der Waals surface area (Å²) in [6, 6.07) is 9.37. The molecule has 0 atom stereocenters. The standard InChI is InChI=1S/C19H25NO4/c21-18(23-14-16-9-5-2-1-3-6-10-16)13-20-19(22)24-15-17-11-7-4-8-12-17/h4,7-9,11-12H,1-3,5-6,10,13-15H2,(H,20,22)/b16-9+. The van der Waals surface area contributed by atoms with Gasteiger partial charge < -0.3 is 14.8 Å². The van der Waals surface area contributed by atoms with Gasteiger partial charge >= 0.3 is 12.1 Å². The van der Waals surface area contributed by atoms with Crippen molar-refractivity contribution in [1.82, 2.24) is 5.32 Å². The molecule has 1 aromatic carbocycles. The Morgan fingerprint density at radius 2 is 1.75 bits per heavy atom. The van der Waals surface area contributed by atoms with Gasteiger partial charge in [-0.25, -0.2) is 4.79 Å². The lowest BCUT2D eigenvalue weighted by Gasteiger charge is -2.12. The number of hydrogen-bond acceptors (Lipinski definition) is 4. The third kappa shape index (κ3) is 7.31. The normalized spacial score (nSPS) is 16.9. The number of rotatable bonds is 6. The van der Waals surface area contributed by atoms with Gasteiger partial charge in [0.2, 0.25) is 0 Å². The third-order valence-corrected chi connectivity index (χ3v) is 3.89. The molecule has 0 bridgehead atoms. The lowest BCUT2D eigenvalue weighted by atomic mass is 10.0. The van der Waals surface area contributed by atoms with E-state index in [-0.39, 0.29) is 13.2 Å². The predicted molar refractivity (Wildman–Crippen MR) is 91.4 cm³/mol. The molecular formula is C19H25NO4. The van der Waals surface area contributed by atoms with Crippen molar-refractivity contribution >= 4 is 12.1 Å². The molecule has 0 unspecified atom stereocenters. The van der Waals surface area contributed by atoms with Crippen molar-refractivity contribution in [2.45, 2.75) is 45.1 Å². The van der Waals surface area contributed by atoms with Crippen LogP contribution >= 0.6 is 0 Å². The second-order valence-corrected chi connectivity index (χ2v) is 5.89. The van der Waals surface area contributed by atoms with E-state index in [9.17, 15) is 9.59 Å². The van der Waals surface area contributed by atoms with Crippen molar-refractivity contribution in [3.05, 3.63) is 47.5 Å². The molecule has 130 valence electrons. The first-order chi connectivity index (χ1) is 11.7. The summed E-state index contributed by atoms with van der Waals surface area (Å²) in [5.74, 6) is -0.449. The quantitative estimate of drug-likeness (QED) is 0.637. The lowest BCUT2D eigenvalue weighted by molar-refractivity contribution is -0.141. The fraction of sp³-hybridized carbons (Fsp3) is 0.474. The summed E-state index contributed by atoms with van der Waals surface area (Å²) in [5.41, 5.74) is 2.07. The van der Waals surface area contributed by atoms with Crippen molar-refractivity contribution in [2.24, 2.45) is 0 Å². The van der Waals surface area contributed by atoms with Gasteiger partial charge in [0.1, 0.15) is 19.8 Å². The van der Waals surface area contributed by atoms with Crippen LogP contribution in [0.2, 0.25) is 0 Å². The van der Waals surface area contributed by atoms with Crippen LogP contribution in [0.15, 0.2) is 42.0 Å². The van der Waals surface area contributed by atoms with Crippen LogP contribution in [-0.4, -0.2) is 25.2 Å². The van der Waals surface area contributed by atoms with Crippen molar-refractivity contribution in [3.8, 4) is 0 Å². The van der Waals surface area contributed by atoms with Crippen LogP contribution in [0, 0.1) is 0 Å². The highest BCUT2D eigenvalue weighted by molar-refractivity contribution is 5.77. The molecule has 1 aliphatic carbocycles. The average molecular weight is 331 g/mol. The van der Waals surface area contributed by atoms with Crippen LogP contribution in [0.5, 0.6) is 0 Å². The molecule has 0 heterocycles. The Kier molecular flexibility index (Phi) is 7.87. The summed E-state index contributed by atoms with van der Waals surface area (Å²) in [7, 11) is 0. The molecule has 5 heteroatoms. The largest absolute Gasteiger partial charge is 0.460 e. The molecule has 5 nitrogen and oxygen atoms in total. The van der Waals surface area contributed by atoms with E-state index >= 15 is 0 Å². The SMILES string of the molecule is O=C(CNC(=O)OCc1ccccc1)OC/C1=C/CCCCCC1. The zero-order valence-electron chi connectivity index (χ0n) is 14.0. The molecule has 1 aromatic rings. The lowest BCUT2D eigenvalue weighted by Crippen LogP contribution is -2.31. The van der Waals surface area contributed by atoms with Crippen LogP contribution in [0.1, 0.15) is 44.1 Å². The molecule has 24 heavy (non-hydrogen) atoms. The van der Waals surface area contributed by atoms with Gasteiger partial charge in [0.25, 0.3) is 0 Å². The van der Waals surface area contributed by atoms with Gasteiger partial charge in [-0.2, -0.15) is 0 Å². The molecule has 0 spiro atoms. The van der Waals surface area contributed by atoms with Crippen LogP contribution < -0.4 is 5.32 Å². The zero-order chi connectivity index (χ0) is 17.0. The molecule has 1 N–H and O–H groups in total. The Hall–Kier alpha value is -2.30. The molecule has 0 radical (unpaired) electrons. The van der Waals surface area contributed by atoms with E-state index in [1.807, 2.05) is 30.3 Å². The minimum atomic E-state index is -0.624. The molecule has 0 saturated heterocycles. The first kappa shape index (κ1) is 18.0. The number of esters is 1. The number of benzene rings is 1. The van der Waals surface area contributed by atoms with Gasteiger partial charge in [-0.05, 0) is 36.8 Å². The van der Waals surface area contributed by atoms with E-state index in [0.29, 0.717) is 6.61 Å². The van der Waals surface area contributed by atoms with Crippen LogP contribution in [0.3, 0.4) is 0 Å². The summed E-state index contributed by atoms with van der Waals surface area (Å²) in [4.78, 5) is 23.3. The maximum absolute atomic E-state index is 11.7. The van der Waals surface area contributed by atoms with Gasteiger partial charge in [-0.3, -0.25) is 4.79 Å². The molecule has 2 rings (SSSR count). The molecule has 1 amide bonds. The summed E-state index contributed by atoms with van der Waals surface area (Å²) < 4.78 is 10.2. The summed E-state index contributed by atoms with van der Waals surface area (Å²) in [6.45, 7) is 0.315. The number of hydrogen-bond donors (Lipinski definition) is 1. The van der Waals surface area contributed by atoms with Crippen molar-refractivity contribution in [1.29, 1.82) is 0 Å². The van der Waals surface area contributed by atoms with Gasteiger partial charge in [0.05, 0.1) is 0 Å². The maximum Gasteiger partial charge on any atom is 0.407 e. The first-order valence-corrected chi connectivity index (χ1v) is 8.52. The van der Waals surface area contributed by atoms with Crippen molar-refractivity contribution in [2.75, 3.05) is 13.2 Å². The molecule has 0 saturated carbocycles. The van der Waals surface area contributed by atoms with E-state index in [1.54, 1.807) is 0 Å². The van der Waals surface area contributed by atoms with E-state index in [0.717, 1.165) is 24.8 Å². The average Bonchev–Trinajstić information content (AvgIpc) is 2.58. The Bertz CT molecular complexity index is 554. The monoisotopic (exact) mass is 331 g/mol.